The molecule has 3 aromatic rings. The molecule has 0 fully saturated rings. The fourth-order valence-electron chi connectivity index (χ4n) is 3.11. The number of carbonyl (C=O) groups is 2. The lowest BCUT2D eigenvalue weighted by Gasteiger charge is -2.13. The van der Waals surface area contributed by atoms with Crippen molar-refractivity contribution in [2.24, 2.45) is 0 Å². The fourth-order valence-corrected chi connectivity index (χ4v) is 4.25. The van der Waals surface area contributed by atoms with Crippen molar-refractivity contribution >= 4 is 33.1 Å². The molecule has 7 nitrogen and oxygen atoms in total. The summed E-state index contributed by atoms with van der Waals surface area (Å²) in [5.74, 6) is 0.202. The number of nitrogens with one attached hydrogen (secondary N) is 2. The van der Waals surface area contributed by atoms with Gasteiger partial charge >= 0.3 is 0 Å². The van der Waals surface area contributed by atoms with Gasteiger partial charge in [0.15, 0.2) is 5.78 Å². The monoisotopic (exact) mass is 466 g/mol. The van der Waals surface area contributed by atoms with Crippen LogP contribution in [0.25, 0.3) is 0 Å². The molecule has 0 aliphatic rings. The highest BCUT2D eigenvalue weighted by Crippen LogP contribution is 2.24. The molecule has 0 saturated carbocycles. The van der Waals surface area contributed by atoms with Crippen LogP contribution in [0.1, 0.15) is 35.7 Å². The Morgan fingerprint density at radius 1 is 0.909 bits per heavy atom. The van der Waals surface area contributed by atoms with Crippen LogP contribution in [0.2, 0.25) is 0 Å². The van der Waals surface area contributed by atoms with Crippen LogP contribution in [-0.2, 0) is 14.8 Å². The minimum atomic E-state index is -3.76. The largest absolute Gasteiger partial charge is 0.494 e. The van der Waals surface area contributed by atoms with Crippen molar-refractivity contribution in [3.05, 3.63) is 83.9 Å². The third-order valence-electron chi connectivity index (χ3n) is 4.89. The van der Waals surface area contributed by atoms with Crippen molar-refractivity contribution in [1.82, 2.24) is 0 Å². The molecule has 0 bridgehead atoms. The second kappa shape index (κ2) is 10.8. The van der Waals surface area contributed by atoms with Crippen molar-refractivity contribution in [2.45, 2.75) is 31.6 Å². The lowest BCUT2D eigenvalue weighted by Crippen LogP contribution is -2.15. The summed E-state index contributed by atoms with van der Waals surface area (Å²) in [4.78, 5) is 24.9. The molecule has 2 N–H and O–H groups in total. The third-order valence-corrected chi connectivity index (χ3v) is 6.27. The van der Waals surface area contributed by atoms with Crippen LogP contribution in [-0.4, -0.2) is 26.7 Å². The number of benzene rings is 3. The Bertz CT molecular complexity index is 1220. The van der Waals surface area contributed by atoms with Gasteiger partial charge in [-0.2, -0.15) is 0 Å². The highest BCUT2D eigenvalue weighted by Gasteiger charge is 2.16. The molecule has 0 unspecified atom stereocenters. The van der Waals surface area contributed by atoms with Gasteiger partial charge in [0.05, 0.1) is 17.2 Å². The lowest BCUT2D eigenvalue weighted by atomic mass is 10.1. The predicted molar refractivity (Wildman–Crippen MR) is 128 cm³/mol. The van der Waals surface area contributed by atoms with Crippen molar-refractivity contribution in [1.29, 1.82) is 0 Å². The number of amides is 1. The molecule has 1 amide bonds. The van der Waals surface area contributed by atoms with Crippen LogP contribution in [0.3, 0.4) is 0 Å². The summed E-state index contributed by atoms with van der Waals surface area (Å²) in [6.45, 7) is 4.19. The molecule has 0 heterocycles. The van der Waals surface area contributed by atoms with E-state index in [0.717, 1.165) is 0 Å². The molecule has 0 saturated heterocycles. The van der Waals surface area contributed by atoms with E-state index < -0.39 is 10.0 Å². The van der Waals surface area contributed by atoms with Gasteiger partial charge in [0.1, 0.15) is 5.75 Å². The minimum Gasteiger partial charge on any atom is -0.494 e. The number of carbonyl (C=O) groups excluding carboxylic acids is 2. The summed E-state index contributed by atoms with van der Waals surface area (Å²) in [7, 11) is -3.76. The summed E-state index contributed by atoms with van der Waals surface area (Å²) < 4.78 is 33.1. The molecule has 172 valence electrons. The number of hydrogen-bond donors (Lipinski definition) is 2. The summed E-state index contributed by atoms with van der Waals surface area (Å²) in [6, 6.07) is 19.8. The SMILES string of the molecule is CCOc1ccc(C(=O)CCC(=O)Nc2ccc(C)c(NS(=O)(=O)c3ccccc3)c2)cc1. The first-order valence-corrected chi connectivity index (χ1v) is 12.0. The smallest absolute Gasteiger partial charge is 0.261 e. The second-order valence-electron chi connectivity index (χ2n) is 7.38. The molecular formula is C25H26N2O5S. The number of ketones is 1. The topological polar surface area (TPSA) is 102 Å². The average molecular weight is 467 g/mol. The van der Waals surface area contributed by atoms with E-state index in [4.69, 9.17) is 4.74 Å². The number of Topliss-reactive ketones (excluding diaryl/α,β-unsaturated/α-hetero) is 1. The summed E-state index contributed by atoms with van der Waals surface area (Å²) in [5.41, 5.74) is 2.02. The summed E-state index contributed by atoms with van der Waals surface area (Å²) in [5, 5.41) is 2.72. The van der Waals surface area contributed by atoms with Crippen LogP contribution in [0, 0.1) is 6.92 Å². The fraction of sp³-hybridized carbons (Fsp3) is 0.200. The van der Waals surface area contributed by atoms with Gasteiger partial charge in [-0.15, -0.1) is 0 Å². The van der Waals surface area contributed by atoms with Gasteiger partial charge in [-0.25, -0.2) is 8.42 Å². The minimum absolute atomic E-state index is 0.00496. The molecule has 0 aliphatic carbocycles. The number of anilines is 2. The maximum Gasteiger partial charge on any atom is 0.261 e. The lowest BCUT2D eigenvalue weighted by molar-refractivity contribution is -0.116. The maximum atomic E-state index is 12.6. The Hall–Kier alpha value is -3.65. The predicted octanol–water partition coefficient (Wildman–Crippen LogP) is 4.80. The molecule has 0 spiro atoms. The molecule has 0 aliphatic heterocycles. The summed E-state index contributed by atoms with van der Waals surface area (Å²) >= 11 is 0. The first-order valence-electron chi connectivity index (χ1n) is 10.5. The van der Waals surface area contributed by atoms with Gasteiger partial charge in [0.25, 0.3) is 10.0 Å². The zero-order valence-electron chi connectivity index (χ0n) is 18.5. The normalized spacial score (nSPS) is 11.0. The highest BCUT2D eigenvalue weighted by atomic mass is 32.2. The Morgan fingerprint density at radius 3 is 2.27 bits per heavy atom. The molecule has 3 aromatic carbocycles. The van der Waals surface area contributed by atoms with E-state index >= 15 is 0 Å². The van der Waals surface area contributed by atoms with Gasteiger partial charge in [0.2, 0.25) is 5.91 Å². The Labute approximate surface area is 193 Å². The average Bonchev–Trinajstić information content (AvgIpc) is 2.81. The maximum absolute atomic E-state index is 12.6. The molecular weight excluding hydrogens is 440 g/mol. The first kappa shape index (κ1) is 24.0. The van der Waals surface area contributed by atoms with Gasteiger partial charge in [-0.05, 0) is 67.9 Å². The first-order chi connectivity index (χ1) is 15.8. The van der Waals surface area contributed by atoms with Crippen LogP contribution >= 0.6 is 0 Å². The van der Waals surface area contributed by atoms with Crippen molar-refractivity contribution in [2.75, 3.05) is 16.6 Å². The Kier molecular flexibility index (Phi) is 7.84. The number of aryl methyl sites for hydroxylation is 1. The summed E-state index contributed by atoms with van der Waals surface area (Å²) in [6.07, 6.45) is 0.0597. The molecule has 33 heavy (non-hydrogen) atoms. The van der Waals surface area contributed by atoms with Crippen molar-refractivity contribution < 1.29 is 22.7 Å². The molecule has 0 aromatic heterocycles. The van der Waals surface area contributed by atoms with E-state index in [-0.39, 0.29) is 29.4 Å². The van der Waals surface area contributed by atoms with Crippen LogP contribution in [0.4, 0.5) is 11.4 Å². The quantitative estimate of drug-likeness (QED) is 0.418. The zero-order valence-corrected chi connectivity index (χ0v) is 19.3. The molecule has 8 heteroatoms. The number of ether oxygens (including phenoxy) is 1. The molecule has 0 atom stereocenters. The van der Waals surface area contributed by atoms with E-state index in [1.807, 2.05) is 6.92 Å². The van der Waals surface area contributed by atoms with Crippen LogP contribution in [0.15, 0.2) is 77.7 Å². The second-order valence-corrected chi connectivity index (χ2v) is 9.06. The third kappa shape index (κ3) is 6.66. The van der Waals surface area contributed by atoms with Gasteiger partial charge in [-0.3, -0.25) is 14.3 Å². The van der Waals surface area contributed by atoms with Crippen molar-refractivity contribution in [3.8, 4) is 5.75 Å². The molecule has 0 radical (unpaired) electrons. The zero-order chi connectivity index (χ0) is 23.8. The number of sulfonamides is 1. The van der Waals surface area contributed by atoms with Crippen LogP contribution in [0.5, 0.6) is 5.75 Å². The molecule has 3 rings (SSSR count). The van der Waals surface area contributed by atoms with E-state index in [1.165, 1.54) is 12.1 Å². The standard InChI is InChI=1S/C25H26N2O5S/c1-3-32-21-13-10-19(11-14-21)24(28)15-16-25(29)26-20-12-9-18(2)23(17-20)27-33(30,31)22-7-5-4-6-8-22/h4-14,17,27H,3,15-16H2,1-2H3,(H,26,29). The van der Waals surface area contributed by atoms with Gasteiger partial charge in [0, 0.05) is 24.1 Å². The highest BCUT2D eigenvalue weighted by molar-refractivity contribution is 7.92. The number of rotatable bonds is 10. The van der Waals surface area contributed by atoms with E-state index in [2.05, 4.69) is 10.0 Å². The van der Waals surface area contributed by atoms with E-state index in [1.54, 1.807) is 67.6 Å². The van der Waals surface area contributed by atoms with Crippen molar-refractivity contribution in [3.63, 3.8) is 0 Å². The Balaban J connectivity index is 1.60. The number of hydrogen-bond acceptors (Lipinski definition) is 5. The van der Waals surface area contributed by atoms with Gasteiger partial charge in [-0.1, -0.05) is 24.3 Å². The van der Waals surface area contributed by atoms with E-state index in [0.29, 0.717) is 34.9 Å². The Morgan fingerprint density at radius 2 is 1.61 bits per heavy atom. The van der Waals surface area contributed by atoms with E-state index in [9.17, 15) is 18.0 Å². The van der Waals surface area contributed by atoms with Crippen LogP contribution < -0.4 is 14.8 Å². The van der Waals surface area contributed by atoms with Gasteiger partial charge < -0.3 is 10.1 Å².